The second kappa shape index (κ2) is 7.69. The van der Waals surface area contributed by atoms with Gasteiger partial charge in [-0.1, -0.05) is 58.7 Å². The highest BCUT2D eigenvalue weighted by molar-refractivity contribution is 5.65. The zero-order chi connectivity index (χ0) is 15.9. The topological polar surface area (TPSA) is 24.7 Å². The Bertz CT molecular complexity index is 595. The third-order valence-electron chi connectivity index (χ3n) is 3.45. The van der Waals surface area contributed by atoms with E-state index in [0.717, 1.165) is 12.8 Å². The van der Waals surface area contributed by atoms with Crippen molar-refractivity contribution < 1.29 is 0 Å². The van der Waals surface area contributed by atoms with Gasteiger partial charge in [-0.2, -0.15) is 10.2 Å². The molecule has 0 bridgehead atoms. The van der Waals surface area contributed by atoms with E-state index < -0.39 is 0 Å². The minimum Gasteiger partial charge on any atom is -0.164 e. The first kappa shape index (κ1) is 16.2. The molecule has 0 spiro atoms. The Hall–Kier alpha value is -2.22. The Morgan fingerprint density at radius 1 is 0.591 bits per heavy atom. The van der Waals surface area contributed by atoms with Crippen molar-refractivity contribution >= 4 is 12.4 Å². The summed E-state index contributed by atoms with van der Waals surface area (Å²) >= 11 is 0. The fraction of sp³-hybridized carbons (Fsp3) is 0.300. The third-order valence-corrected chi connectivity index (χ3v) is 3.45. The van der Waals surface area contributed by atoms with Crippen LogP contribution in [0.4, 0.5) is 0 Å². The summed E-state index contributed by atoms with van der Waals surface area (Å²) in [5, 5.41) is 8.26. The number of benzene rings is 2. The minimum atomic E-state index is 0.823. The molecule has 0 radical (unpaired) electrons. The van der Waals surface area contributed by atoms with Crippen LogP contribution in [0, 0.1) is 27.7 Å². The summed E-state index contributed by atoms with van der Waals surface area (Å²) in [6.45, 7) is 8.48. The summed E-state index contributed by atoms with van der Waals surface area (Å²) in [6.07, 6.45) is 5.38. The smallest absolute Gasteiger partial charge is 0.0313 e. The number of hydrogen-bond donors (Lipinski definition) is 0. The molecule has 0 fully saturated rings. The highest BCUT2D eigenvalue weighted by Crippen LogP contribution is 2.09. The Morgan fingerprint density at radius 2 is 0.909 bits per heavy atom. The molecule has 0 aliphatic carbocycles. The molecule has 0 aromatic heterocycles. The van der Waals surface area contributed by atoms with E-state index in [1.54, 1.807) is 0 Å². The van der Waals surface area contributed by atoms with E-state index in [0.29, 0.717) is 0 Å². The molecule has 2 rings (SSSR count). The number of hydrogen-bond acceptors (Lipinski definition) is 2. The Labute approximate surface area is 133 Å². The maximum absolute atomic E-state index is 4.13. The van der Waals surface area contributed by atoms with Crippen LogP contribution in [-0.4, -0.2) is 12.4 Å². The van der Waals surface area contributed by atoms with Gasteiger partial charge in [0.1, 0.15) is 0 Å². The Morgan fingerprint density at radius 3 is 1.23 bits per heavy atom. The van der Waals surface area contributed by atoms with Gasteiger partial charge in [0.2, 0.25) is 0 Å². The fourth-order valence-corrected chi connectivity index (χ4v) is 2.76. The summed E-state index contributed by atoms with van der Waals surface area (Å²) < 4.78 is 0. The van der Waals surface area contributed by atoms with Crippen LogP contribution in [-0.2, 0) is 12.8 Å². The lowest BCUT2D eigenvalue weighted by Crippen LogP contribution is -1.90. The van der Waals surface area contributed by atoms with E-state index in [9.17, 15) is 0 Å². The molecule has 0 aliphatic heterocycles. The van der Waals surface area contributed by atoms with E-state index in [4.69, 9.17) is 0 Å². The molecule has 0 aliphatic rings. The van der Waals surface area contributed by atoms with Crippen molar-refractivity contribution in [2.75, 3.05) is 0 Å². The van der Waals surface area contributed by atoms with Crippen molar-refractivity contribution in [3.8, 4) is 0 Å². The maximum Gasteiger partial charge on any atom is 0.0313 e. The van der Waals surface area contributed by atoms with E-state index in [1.165, 1.54) is 33.4 Å². The van der Waals surface area contributed by atoms with Crippen molar-refractivity contribution in [1.29, 1.82) is 0 Å². The van der Waals surface area contributed by atoms with Crippen molar-refractivity contribution in [3.63, 3.8) is 0 Å². The zero-order valence-corrected chi connectivity index (χ0v) is 13.9. The molecule has 0 atom stereocenters. The molecule has 0 saturated carbocycles. The third kappa shape index (κ3) is 5.28. The largest absolute Gasteiger partial charge is 0.164 e. The van der Waals surface area contributed by atoms with Gasteiger partial charge in [0.05, 0.1) is 0 Å². The number of nitrogens with zero attached hydrogens (tertiary/aromatic N) is 2. The molecule has 0 amide bonds. The van der Waals surface area contributed by atoms with Crippen LogP contribution in [0.1, 0.15) is 33.4 Å². The van der Waals surface area contributed by atoms with Crippen LogP contribution in [0.2, 0.25) is 0 Å². The molecule has 2 aromatic carbocycles. The molecule has 114 valence electrons. The molecule has 0 unspecified atom stereocenters. The summed E-state index contributed by atoms with van der Waals surface area (Å²) in [7, 11) is 0. The van der Waals surface area contributed by atoms with Crippen LogP contribution < -0.4 is 0 Å². The summed E-state index contributed by atoms with van der Waals surface area (Å²) in [5.74, 6) is 0. The lowest BCUT2D eigenvalue weighted by Gasteiger charge is -2.01. The number of aryl methyl sites for hydroxylation is 4. The van der Waals surface area contributed by atoms with Gasteiger partial charge >= 0.3 is 0 Å². The van der Waals surface area contributed by atoms with Crippen molar-refractivity contribution in [2.24, 2.45) is 10.2 Å². The number of rotatable bonds is 5. The predicted octanol–water partition coefficient (Wildman–Crippen LogP) is 4.76. The lowest BCUT2D eigenvalue weighted by atomic mass is 10.1. The highest BCUT2D eigenvalue weighted by Gasteiger charge is 1.95. The van der Waals surface area contributed by atoms with Crippen LogP contribution in [0.15, 0.2) is 46.6 Å². The Balaban J connectivity index is 1.86. The van der Waals surface area contributed by atoms with E-state index in [1.807, 2.05) is 12.4 Å². The molecular formula is C20H24N2. The van der Waals surface area contributed by atoms with E-state index in [-0.39, 0.29) is 0 Å². The van der Waals surface area contributed by atoms with E-state index >= 15 is 0 Å². The lowest BCUT2D eigenvalue weighted by molar-refractivity contribution is 1.19. The molecule has 2 nitrogen and oxygen atoms in total. The predicted molar refractivity (Wildman–Crippen MR) is 96.2 cm³/mol. The quantitative estimate of drug-likeness (QED) is 0.560. The van der Waals surface area contributed by atoms with Crippen LogP contribution in [0.5, 0.6) is 0 Å². The SMILES string of the molecule is Cc1cc(C)cc(C/C=N/N=C/Cc2cc(C)cc(C)c2)c1. The Kier molecular flexibility index (Phi) is 5.65. The molecule has 2 aromatic rings. The van der Waals surface area contributed by atoms with Crippen LogP contribution in [0.3, 0.4) is 0 Å². The first-order valence-electron chi connectivity index (χ1n) is 7.70. The standard InChI is InChI=1S/C20H24N2/c1-15-9-16(2)12-19(11-15)5-7-21-22-8-6-20-13-17(3)10-18(4)14-20/h7-14H,5-6H2,1-4H3/b21-7+,22-8+. The van der Waals surface area contributed by atoms with Gasteiger partial charge in [0.25, 0.3) is 0 Å². The normalized spacial score (nSPS) is 11.6. The van der Waals surface area contributed by atoms with Gasteiger partial charge in [-0.15, -0.1) is 0 Å². The average molecular weight is 292 g/mol. The first-order valence-corrected chi connectivity index (χ1v) is 7.70. The van der Waals surface area contributed by atoms with Crippen molar-refractivity contribution in [3.05, 3.63) is 69.8 Å². The summed E-state index contributed by atoms with van der Waals surface area (Å²) in [6, 6.07) is 13.1. The monoisotopic (exact) mass is 292 g/mol. The molecule has 0 N–H and O–H groups in total. The van der Waals surface area contributed by atoms with Crippen LogP contribution >= 0.6 is 0 Å². The molecule has 22 heavy (non-hydrogen) atoms. The fourth-order valence-electron chi connectivity index (χ4n) is 2.76. The van der Waals surface area contributed by atoms with Gasteiger partial charge in [-0.25, -0.2) is 0 Å². The minimum absolute atomic E-state index is 0.823. The molecule has 2 heteroatoms. The molecular weight excluding hydrogens is 268 g/mol. The van der Waals surface area contributed by atoms with E-state index in [2.05, 4.69) is 74.3 Å². The summed E-state index contributed by atoms with van der Waals surface area (Å²) in [4.78, 5) is 0. The molecule has 0 saturated heterocycles. The highest BCUT2D eigenvalue weighted by atomic mass is 15.2. The second-order valence-electron chi connectivity index (χ2n) is 6.00. The molecule has 0 heterocycles. The van der Waals surface area contributed by atoms with Gasteiger partial charge in [0.15, 0.2) is 0 Å². The van der Waals surface area contributed by atoms with Gasteiger partial charge in [-0.05, 0) is 38.8 Å². The maximum atomic E-state index is 4.13. The second-order valence-corrected chi connectivity index (χ2v) is 6.00. The van der Waals surface area contributed by atoms with Crippen molar-refractivity contribution in [2.45, 2.75) is 40.5 Å². The van der Waals surface area contributed by atoms with Gasteiger partial charge in [-0.3, -0.25) is 0 Å². The zero-order valence-electron chi connectivity index (χ0n) is 13.9. The van der Waals surface area contributed by atoms with Gasteiger partial charge < -0.3 is 0 Å². The van der Waals surface area contributed by atoms with Gasteiger partial charge in [0, 0.05) is 25.3 Å². The van der Waals surface area contributed by atoms with Crippen molar-refractivity contribution in [1.82, 2.24) is 0 Å². The summed E-state index contributed by atoms with van der Waals surface area (Å²) in [5.41, 5.74) is 7.74. The first-order chi connectivity index (χ1) is 10.5. The average Bonchev–Trinajstić information content (AvgIpc) is 2.40. The van der Waals surface area contributed by atoms with Crippen LogP contribution in [0.25, 0.3) is 0 Å².